The lowest BCUT2D eigenvalue weighted by molar-refractivity contribution is -0.142. The van der Waals surface area contributed by atoms with E-state index >= 15 is 0 Å². The maximum Gasteiger partial charge on any atom is 0.308 e. The van der Waals surface area contributed by atoms with Gasteiger partial charge >= 0.3 is 5.97 Å². The van der Waals surface area contributed by atoms with E-state index in [1.165, 1.54) is 0 Å². The zero-order valence-corrected chi connectivity index (χ0v) is 10.7. The van der Waals surface area contributed by atoms with Gasteiger partial charge in [-0.3, -0.25) is 4.79 Å². The van der Waals surface area contributed by atoms with Gasteiger partial charge in [-0.15, -0.1) is 0 Å². The highest BCUT2D eigenvalue weighted by Gasteiger charge is 2.29. The van der Waals surface area contributed by atoms with Crippen LogP contribution in [0.3, 0.4) is 0 Å². The Kier molecular flexibility index (Phi) is 4.35. The molecule has 1 aromatic heterocycles. The molecule has 2 N–H and O–H groups in total. The maximum absolute atomic E-state index is 11.3. The van der Waals surface area contributed by atoms with E-state index < -0.39 is 5.97 Å². The average Bonchev–Trinajstić information content (AvgIpc) is 2.64. The van der Waals surface area contributed by atoms with Crippen molar-refractivity contribution in [1.29, 1.82) is 5.26 Å². The van der Waals surface area contributed by atoms with E-state index in [0.29, 0.717) is 17.8 Å². The first-order valence-corrected chi connectivity index (χ1v) is 6.56. The second-order valence-corrected chi connectivity index (χ2v) is 4.88. The van der Waals surface area contributed by atoms with Crippen LogP contribution in [0.25, 0.3) is 0 Å². The van der Waals surface area contributed by atoms with Crippen molar-refractivity contribution < 1.29 is 9.90 Å². The molecule has 1 fully saturated rings. The second kappa shape index (κ2) is 6.19. The number of anilines is 1. The molecule has 0 bridgehead atoms. The lowest BCUT2D eigenvalue weighted by Crippen LogP contribution is -2.34. The molecule has 5 nitrogen and oxygen atoms in total. The largest absolute Gasteiger partial charge is 0.481 e. The number of rotatable bonds is 3. The normalized spacial score (nSPS) is 23.1. The number of hydrogen-bond acceptors (Lipinski definition) is 4. The zero-order chi connectivity index (χ0) is 13.7. The number of hydrogen-bond donors (Lipinski definition) is 2. The van der Waals surface area contributed by atoms with Gasteiger partial charge in [-0.25, -0.2) is 4.98 Å². The predicted octanol–water partition coefficient (Wildman–Crippen LogP) is 2.40. The van der Waals surface area contributed by atoms with Gasteiger partial charge in [-0.1, -0.05) is 19.3 Å². The Labute approximate surface area is 112 Å². The van der Waals surface area contributed by atoms with Gasteiger partial charge in [0.05, 0.1) is 17.6 Å². The monoisotopic (exact) mass is 259 g/mol. The predicted molar refractivity (Wildman–Crippen MR) is 70.6 cm³/mol. The van der Waals surface area contributed by atoms with Gasteiger partial charge in [0.2, 0.25) is 0 Å². The van der Waals surface area contributed by atoms with Gasteiger partial charge < -0.3 is 10.4 Å². The first kappa shape index (κ1) is 13.3. The summed E-state index contributed by atoms with van der Waals surface area (Å²) < 4.78 is 0. The number of carboxylic acids is 1. The minimum atomic E-state index is -0.754. The van der Waals surface area contributed by atoms with Crippen LogP contribution < -0.4 is 5.32 Å². The van der Waals surface area contributed by atoms with E-state index in [4.69, 9.17) is 5.26 Å². The van der Waals surface area contributed by atoms with E-state index in [9.17, 15) is 9.90 Å². The molecule has 1 aliphatic rings. The Bertz CT molecular complexity index is 496. The summed E-state index contributed by atoms with van der Waals surface area (Å²) in [6, 6.07) is 5.23. The van der Waals surface area contributed by atoms with Crippen molar-refractivity contribution in [1.82, 2.24) is 4.98 Å². The molecule has 1 saturated carbocycles. The fourth-order valence-electron chi connectivity index (χ4n) is 2.54. The molecule has 2 unspecified atom stereocenters. The van der Waals surface area contributed by atoms with Gasteiger partial charge in [0.1, 0.15) is 5.82 Å². The van der Waals surface area contributed by atoms with Crippen LogP contribution in [0.5, 0.6) is 0 Å². The molecule has 0 aromatic carbocycles. The summed E-state index contributed by atoms with van der Waals surface area (Å²) in [5.41, 5.74) is 0.526. The summed E-state index contributed by atoms with van der Waals surface area (Å²) in [4.78, 5) is 15.5. The van der Waals surface area contributed by atoms with Crippen LogP contribution in [0, 0.1) is 17.2 Å². The van der Waals surface area contributed by atoms with Crippen LogP contribution in [-0.4, -0.2) is 22.1 Å². The van der Waals surface area contributed by atoms with Gasteiger partial charge in [0, 0.05) is 12.2 Å². The number of carboxylic acid groups (broad SMARTS) is 1. The highest BCUT2D eigenvalue weighted by molar-refractivity contribution is 5.71. The van der Waals surface area contributed by atoms with E-state index in [-0.39, 0.29) is 12.0 Å². The van der Waals surface area contributed by atoms with Crippen molar-refractivity contribution in [2.24, 2.45) is 5.92 Å². The molecular formula is C14H17N3O2. The first-order chi connectivity index (χ1) is 9.20. The van der Waals surface area contributed by atoms with Crippen LogP contribution in [0.2, 0.25) is 0 Å². The third-order valence-electron chi connectivity index (χ3n) is 3.56. The van der Waals surface area contributed by atoms with Crippen LogP contribution in [-0.2, 0) is 4.79 Å². The third-order valence-corrected chi connectivity index (χ3v) is 3.56. The lowest BCUT2D eigenvalue weighted by Gasteiger charge is -2.23. The fourth-order valence-corrected chi connectivity index (χ4v) is 2.54. The Morgan fingerprint density at radius 3 is 2.95 bits per heavy atom. The molecule has 2 rings (SSSR count). The molecule has 0 spiro atoms. The number of aromatic nitrogens is 1. The van der Waals surface area contributed by atoms with Crippen molar-refractivity contribution in [2.75, 3.05) is 5.32 Å². The van der Waals surface area contributed by atoms with Crippen molar-refractivity contribution in [2.45, 2.75) is 38.1 Å². The van der Waals surface area contributed by atoms with Gasteiger partial charge in [-0.2, -0.15) is 5.26 Å². The topological polar surface area (TPSA) is 86.0 Å². The first-order valence-electron chi connectivity index (χ1n) is 6.56. The Morgan fingerprint density at radius 1 is 1.42 bits per heavy atom. The molecule has 0 radical (unpaired) electrons. The third kappa shape index (κ3) is 3.44. The summed E-state index contributed by atoms with van der Waals surface area (Å²) in [6.07, 6.45) is 6.15. The number of pyridine rings is 1. The molecule has 1 aliphatic carbocycles. The SMILES string of the molecule is N#Cc1ccnc(NC2CCCCCC2C(=O)O)c1. The number of nitrogens with zero attached hydrogens (tertiary/aromatic N) is 2. The van der Waals surface area contributed by atoms with Crippen molar-refractivity contribution in [3.8, 4) is 6.07 Å². The van der Waals surface area contributed by atoms with E-state index in [1.54, 1.807) is 18.3 Å². The van der Waals surface area contributed by atoms with Gasteiger partial charge in [-0.05, 0) is 25.0 Å². The van der Waals surface area contributed by atoms with Crippen molar-refractivity contribution in [3.63, 3.8) is 0 Å². The second-order valence-electron chi connectivity index (χ2n) is 4.88. The molecule has 19 heavy (non-hydrogen) atoms. The maximum atomic E-state index is 11.3. The quantitative estimate of drug-likeness (QED) is 0.814. The molecule has 100 valence electrons. The van der Waals surface area contributed by atoms with Crippen LogP contribution in [0.1, 0.15) is 37.7 Å². The van der Waals surface area contributed by atoms with Gasteiger partial charge in [0.15, 0.2) is 0 Å². The molecule has 0 aliphatic heterocycles. The molecule has 0 amide bonds. The Balaban J connectivity index is 2.14. The number of nitriles is 1. The van der Waals surface area contributed by atoms with E-state index in [1.807, 2.05) is 0 Å². The summed E-state index contributed by atoms with van der Waals surface area (Å²) >= 11 is 0. The molecule has 5 heteroatoms. The smallest absolute Gasteiger partial charge is 0.308 e. The summed E-state index contributed by atoms with van der Waals surface area (Å²) in [5, 5.41) is 21.3. The number of aliphatic carboxylic acids is 1. The summed E-state index contributed by atoms with van der Waals surface area (Å²) in [7, 11) is 0. The Morgan fingerprint density at radius 2 is 2.21 bits per heavy atom. The minimum Gasteiger partial charge on any atom is -0.481 e. The van der Waals surface area contributed by atoms with Crippen molar-refractivity contribution in [3.05, 3.63) is 23.9 Å². The summed E-state index contributed by atoms with van der Waals surface area (Å²) in [6.45, 7) is 0. The number of nitrogens with one attached hydrogen (secondary N) is 1. The van der Waals surface area contributed by atoms with Crippen molar-refractivity contribution >= 4 is 11.8 Å². The van der Waals surface area contributed by atoms with E-state index in [2.05, 4.69) is 16.4 Å². The number of carbonyl (C=O) groups is 1. The molecule has 1 heterocycles. The highest BCUT2D eigenvalue weighted by Crippen LogP contribution is 2.26. The highest BCUT2D eigenvalue weighted by atomic mass is 16.4. The fraction of sp³-hybridized carbons (Fsp3) is 0.500. The average molecular weight is 259 g/mol. The van der Waals surface area contributed by atoms with Gasteiger partial charge in [0.25, 0.3) is 0 Å². The molecule has 1 aromatic rings. The van der Waals surface area contributed by atoms with Crippen LogP contribution in [0.15, 0.2) is 18.3 Å². The molecule has 0 saturated heterocycles. The Hall–Kier alpha value is -2.09. The molecular weight excluding hydrogens is 242 g/mol. The standard InChI is InChI=1S/C14H17N3O2/c15-9-10-6-7-16-13(8-10)17-12-5-3-1-2-4-11(12)14(18)19/h6-8,11-12H,1-5H2,(H,16,17)(H,18,19). The van der Waals surface area contributed by atoms with Crippen LogP contribution in [0.4, 0.5) is 5.82 Å². The van der Waals surface area contributed by atoms with E-state index in [0.717, 1.165) is 25.7 Å². The summed E-state index contributed by atoms with van der Waals surface area (Å²) in [5.74, 6) is -0.553. The lowest BCUT2D eigenvalue weighted by atomic mass is 9.95. The molecule has 2 atom stereocenters. The minimum absolute atomic E-state index is 0.110. The van der Waals surface area contributed by atoms with Crippen LogP contribution >= 0.6 is 0 Å². The zero-order valence-electron chi connectivity index (χ0n) is 10.7.